The SMILES string of the molecule is CCN(CCCNC(C)c1cn(C)nc1C)C(=O)OC(C)(C)C. The highest BCUT2D eigenvalue weighted by Crippen LogP contribution is 2.15. The Bertz CT molecular complexity index is 505. The topological polar surface area (TPSA) is 59.4 Å². The molecule has 1 amide bonds. The van der Waals surface area contributed by atoms with Crippen LogP contribution in [0.3, 0.4) is 0 Å². The Hall–Kier alpha value is -1.56. The summed E-state index contributed by atoms with van der Waals surface area (Å²) in [7, 11) is 1.93. The van der Waals surface area contributed by atoms with Crippen molar-refractivity contribution in [1.82, 2.24) is 20.0 Å². The molecule has 1 aromatic rings. The molecule has 23 heavy (non-hydrogen) atoms. The molecule has 0 aliphatic rings. The van der Waals surface area contributed by atoms with Crippen molar-refractivity contribution in [2.24, 2.45) is 7.05 Å². The fourth-order valence-electron chi connectivity index (χ4n) is 2.45. The maximum absolute atomic E-state index is 12.1. The minimum atomic E-state index is -0.449. The van der Waals surface area contributed by atoms with Crippen molar-refractivity contribution in [3.05, 3.63) is 17.5 Å². The lowest BCUT2D eigenvalue weighted by molar-refractivity contribution is 0.0258. The molecule has 1 heterocycles. The first-order chi connectivity index (χ1) is 10.6. The maximum Gasteiger partial charge on any atom is 0.410 e. The standard InChI is InChI=1S/C17H32N4O2/c1-8-21(16(22)23-17(4,5)6)11-9-10-18-13(2)15-12-20(7)19-14(15)3/h12-13,18H,8-11H2,1-7H3. The molecule has 132 valence electrons. The third-order valence-corrected chi connectivity index (χ3v) is 3.61. The highest BCUT2D eigenvalue weighted by atomic mass is 16.6. The Morgan fingerprint density at radius 1 is 1.48 bits per heavy atom. The van der Waals surface area contributed by atoms with Gasteiger partial charge in [0.2, 0.25) is 0 Å². The van der Waals surface area contributed by atoms with Gasteiger partial charge in [0.25, 0.3) is 0 Å². The van der Waals surface area contributed by atoms with Gasteiger partial charge in [-0.3, -0.25) is 4.68 Å². The second-order valence-corrected chi connectivity index (χ2v) is 6.93. The lowest BCUT2D eigenvalue weighted by Crippen LogP contribution is -2.38. The van der Waals surface area contributed by atoms with Gasteiger partial charge in [0.05, 0.1) is 5.69 Å². The van der Waals surface area contributed by atoms with E-state index in [2.05, 4.69) is 17.3 Å². The number of amides is 1. The lowest BCUT2D eigenvalue weighted by atomic mass is 10.1. The Balaban J connectivity index is 2.37. The molecule has 0 spiro atoms. The zero-order chi connectivity index (χ0) is 17.6. The summed E-state index contributed by atoms with van der Waals surface area (Å²) in [5.41, 5.74) is 1.82. The van der Waals surface area contributed by atoms with Gasteiger partial charge < -0.3 is 15.0 Å². The Morgan fingerprint density at radius 3 is 2.61 bits per heavy atom. The van der Waals surface area contributed by atoms with E-state index in [1.807, 2.05) is 52.5 Å². The molecule has 0 aliphatic heterocycles. The zero-order valence-electron chi connectivity index (χ0n) is 15.6. The van der Waals surface area contributed by atoms with Crippen LogP contribution < -0.4 is 5.32 Å². The first-order valence-corrected chi connectivity index (χ1v) is 8.35. The summed E-state index contributed by atoms with van der Waals surface area (Å²) in [5.74, 6) is 0. The summed E-state index contributed by atoms with van der Waals surface area (Å²) < 4.78 is 7.25. The lowest BCUT2D eigenvalue weighted by Gasteiger charge is -2.26. The first kappa shape index (κ1) is 19.5. The van der Waals surface area contributed by atoms with Gasteiger partial charge in [-0.15, -0.1) is 0 Å². The summed E-state index contributed by atoms with van der Waals surface area (Å²) in [4.78, 5) is 13.8. The number of hydrogen-bond donors (Lipinski definition) is 1. The number of rotatable bonds is 7. The van der Waals surface area contributed by atoms with Crippen LogP contribution in [0.1, 0.15) is 58.3 Å². The van der Waals surface area contributed by atoms with E-state index < -0.39 is 5.60 Å². The van der Waals surface area contributed by atoms with E-state index >= 15 is 0 Å². The third-order valence-electron chi connectivity index (χ3n) is 3.61. The summed E-state index contributed by atoms with van der Waals surface area (Å²) in [5, 5.41) is 7.85. The Kier molecular flexibility index (Phi) is 7.06. The second-order valence-electron chi connectivity index (χ2n) is 6.93. The van der Waals surface area contributed by atoms with Gasteiger partial charge >= 0.3 is 6.09 Å². The van der Waals surface area contributed by atoms with Crippen LogP contribution in [0.2, 0.25) is 0 Å². The number of ether oxygens (including phenoxy) is 1. The quantitative estimate of drug-likeness (QED) is 0.783. The van der Waals surface area contributed by atoms with E-state index in [1.165, 1.54) is 5.56 Å². The minimum absolute atomic E-state index is 0.240. The molecule has 0 saturated heterocycles. The van der Waals surface area contributed by atoms with Crippen LogP contribution in [0.5, 0.6) is 0 Å². The van der Waals surface area contributed by atoms with Crippen LogP contribution in [0.25, 0.3) is 0 Å². The number of carbonyl (C=O) groups excluding carboxylic acids is 1. The fraction of sp³-hybridized carbons (Fsp3) is 0.765. The van der Waals surface area contributed by atoms with Gasteiger partial charge in [0, 0.05) is 37.9 Å². The molecule has 1 atom stereocenters. The fourth-order valence-corrected chi connectivity index (χ4v) is 2.45. The largest absolute Gasteiger partial charge is 0.444 e. The number of aromatic nitrogens is 2. The highest BCUT2D eigenvalue weighted by molar-refractivity contribution is 5.68. The predicted molar refractivity (Wildman–Crippen MR) is 92.5 cm³/mol. The third kappa shape index (κ3) is 6.60. The molecule has 1 N–H and O–H groups in total. The number of carbonyl (C=O) groups is 1. The molecule has 6 nitrogen and oxygen atoms in total. The van der Waals surface area contributed by atoms with E-state index in [9.17, 15) is 4.79 Å². The van der Waals surface area contributed by atoms with Crippen LogP contribution >= 0.6 is 0 Å². The summed E-state index contributed by atoms with van der Waals surface area (Å²) in [6.45, 7) is 14.0. The average Bonchev–Trinajstić information content (AvgIpc) is 2.75. The van der Waals surface area contributed by atoms with Crippen molar-refractivity contribution in [2.45, 2.75) is 59.6 Å². The minimum Gasteiger partial charge on any atom is -0.444 e. The van der Waals surface area contributed by atoms with Gasteiger partial charge in [0.15, 0.2) is 0 Å². The van der Waals surface area contributed by atoms with Crippen molar-refractivity contribution < 1.29 is 9.53 Å². The maximum atomic E-state index is 12.1. The Labute approximate surface area is 140 Å². The molecule has 1 rings (SSSR count). The molecular weight excluding hydrogens is 292 g/mol. The average molecular weight is 324 g/mol. The molecule has 1 aromatic heterocycles. The zero-order valence-corrected chi connectivity index (χ0v) is 15.6. The molecule has 6 heteroatoms. The van der Waals surface area contributed by atoms with Crippen LogP contribution in [0.4, 0.5) is 4.79 Å². The van der Waals surface area contributed by atoms with Crippen LogP contribution in [-0.2, 0) is 11.8 Å². The second kappa shape index (κ2) is 8.34. The van der Waals surface area contributed by atoms with Crippen LogP contribution in [0, 0.1) is 6.92 Å². The molecule has 0 bridgehead atoms. The van der Waals surface area contributed by atoms with Crippen molar-refractivity contribution in [1.29, 1.82) is 0 Å². The van der Waals surface area contributed by atoms with Gasteiger partial charge in [0.1, 0.15) is 5.60 Å². The highest BCUT2D eigenvalue weighted by Gasteiger charge is 2.20. The van der Waals surface area contributed by atoms with E-state index in [-0.39, 0.29) is 12.1 Å². The molecule has 0 radical (unpaired) electrons. The van der Waals surface area contributed by atoms with Crippen molar-refractivity contribution >= 4 is 6.09 Å². The number of nitrogens with zero attached hydrogens (tertiary/aromatic N) is 3. The number of aryl methyl sites for hydroxylation is 2. The monoisotopic (exact) mass is 324 g/mol. The predicted octanol–water partition coefficient (Wildman–Crippen LogP) is 3.03. The van der Waals surface area contributed by atoms with Gasteiger partial charge in [-0.2, -0.15) is 5.10 Å². The van der Waals surface area contributed by atoms with Crippen molar-refractivity contribution in [2.75, 3.05) is 19.6 Å². The van der Waals surface area contributed by atoms with Crippen LogP contribution in [-0.4, -0.2) is 46.0 Å². The smallest absolute Gasteiger partial charge is 0.410 e. The van der Waals surface area contributed by atoms with E-state index in [0.717, 1.165) is 18.7 Å². The van der Waals surface area contributed by atoms with E-state index in [0.29, 0.717) is 13.1 Å². The van der Waals surface area contributed by atoms with Crippen molar-refractivity contribution in [3.63, 3.8) is 0 Å². The molecule has 1 unspecified atom stereocenters. The first-order valence-electron chi connectivity index (χ1n) is 8.35. The van der Waals surface area contributed by atoms with Crippen molar-refractivity contribution in [3.8, 4) is 0 Å². The Morgan fingerprint density at radius 2 is 2.13 bits per heavy atom. The number of hydrogen-bond acceptors (Lipinski definition) is 4. The summed E-state index contributed by atoms with van der Waals surface area (Å²) in [6.07, 6.45) is 2.69. The normalized spacial score (nSPS) is 13.0. The van der Waals surface area contributed by atoms with Gasteiger partial charge in [-0.05, 0) is 54.5 Å². The summed E-state index contributed by atoms with van der Waals surface area (Å²) >= 11 is 0. The van der Waals surface area contributed by atoms with Gasteiger partial charge in [-0.1, -0.05) is 0 Å². The molecule has 0 aromatic carbocycles. The molecular formula is C17H32N4O2. The van der Waals surface area contributed by atoms with E-state index in [4.69, 9.17) is 4.74 Å². The summed E-state index contributed by atoms with van der Waals surface area (Å²) in [6, 6.07) is 0.250. The van der Waals surface area contributed by atoms with Gasteiger partial charge in [-0.25, -0.2) is 4.79 Å². The van der Waals surface area contributed by atoms with E-state index in [1.54, 1.807) is 4.90 Å². The number of nitrogens with one attached hydrogen (secondary N) is 1. The van der Waals surface area contributed by atoms with Crippen LogP contribution in [0.15, 0.2) is 6.20 Å². The molecule has 0 fully saturated rings. The molecule has 0 aliphatic carbocycles. The molecule has 0 saturated carbocycles.